The molecule has 2 N–H and O–H groups in total. The molecule has 0 amide bonds. The molecule has 0 unspecified atom stereocenters. The molecule has 3 heteroatoms. The zero-order valence-corrected chi connectivity index (χ0v) is 9.41. The van der Waals surface area contributed by atoms with E-state index in [1.807, 2.05) is 37.3 Å². The molecule has 1 aliphatic rings. The van der Waals surface area contributed by atoms with Crippen LogP contribution in [0, 0.1) is 5.92 Å². The molecule has 88 valence electrons. The number of hydrogen-bond donors (Lipinski definition) is 2. The first-order valence-corrected chi connectivity index (χ1v) is 5.73. The van der Waals surface area contributed by atoms with Gasteiger partial charge in [-0.2, -0.15) is 0 Å². The van der Waals surface area contributed by atoms with Crippen molar-refractivity contribution in [1.29, 1.82) is 0 Å². The van der Waals surface area contributed by atoms with Crippen LogP contribution in [0.2, 0.25) is 0 Å². The van der Waals surface area contributed by atoms with Crippen LogP contribution < -0.4 is 0 Å². The Balaban J connectivity index is 1.91. The molecule has 1 aromatic carbocycles. The minimum Gasteiger partial charge on any atom is -0.396 e. The molecule has 3 nitrogen and oxygen atoms in total. The van der Waals surface area contributed by atoms with Gasteiger partial charge in [0.2, 0.25) is 0 Å². The summed E-state index contributed by atoms with van der Waals surface area (Å²) in [7, 11) is 0. The zero-order valence-electron chi connectivity index (χ0n) is 9.41. The molecular formula is C13H18O3. The Bertz CT molecular complexity index is 325. The van der Waals surface area contributed by atoms with Crippen LogP contribution in [0.3, 0.4) is 0 Å². The van der Waals surface area contributed by atoms with Crippen LogP contribution in [0.25, 0.3) is 0 Å². The molecule has 0 radical (unpaired) electrons. The summed E-state index contributed by atoms with van der Waals surface area (Å²) in [5.41, 5.74) is 1.16. The van der Waals surface area contributed by atoms with Crippen molar-refractivity contribution < 1.29 is 14.9 Å². The van der Waals surface area contributed by atoms with Crippen LogP contribution >= 0.6 is 0 Å². The molecule has 0 bridgehead atoms. The monoisotopic (exact) mass is 222 g/mol. The van der Waals surface area contributed by atoms with E-state index in [2.05, 4.69) is 0 Å². The standard InChI is InChI=1S/C13H18O3/c1-9(11(15)7-8-14)12-13(16-12)10-5-3-2-4-6-10/h2-6,9,11-15H,7-8H2,1H3/t9-,11-,12+,13+/m0/s1. The van der Waals surface area contributed by atoms with Crippen LogP contribution in [0.1, 0.15) is 25.0 Å². The largest absolute Gasteiger partial charge is 0.396 e. The Labute approximate surface area is 95.7 Å². The highest BCUT2D eigenvalue weighted by atomic mass is 16.6. The SMILES string of the molecule is C[C@H]([C@H]1O[C@@H]1c1ccccc1)[C@@H](O)CCO. The predicted octanol–water partition coefficient (Wildman–Crippen LogP) is 1.51. The Morgan fingerprint density at radius 3 is 2.62 bits per heavy atom. The maximum atomic E-state index is 9.75. The summed E-state index contributed by atoms with van der Waals surface area (Å²) in [6, 6.07) is 10.0. The fourth-order valence-corrected chi connectivity index (χ4v) is 2.05. The Morgan fingerprint density at radius 1 is 1.31 bits per heavy atom. The third-order valence-corrected chi connectivity index (χ3v) is 3.20. The Kier molecular flexibility index (Phi) is 3.59. The summed E-state index contributed by atoms with van der Waals surface area (Å²) in [5.74, 6) is 0.0670. The maximum Gasteiger partial charge on any atom is 0.110 e. The van der Waals surface area contributed by atoms with Crippen molar-refractivity contribution in [2.24, 2.45) is 5.92 Å². The van der Waals surface area contributed by atoms with Gasteiger partial charge in [0, 0.05) is 12.5 Å². The van der Waals surface area contributed by atoms with Crippen molar-refractivity contribution in [3.05, 3.63) is 35.9 Å². The first-order chi connectivity index (χ1) is 7.74. The first kappa shape index (κ1) is 11.6. The summed E-state index contributed by atoms with van der Waals surface area (Å²) in [6.45, 7) is 1.99. The van der Waals surface area contributed by atoms with Gasteiger partial charge >= 0.3 is 0 Å². The van der Waals surface area contributed by atoms with E-state index in [1.54, 1.807) is 0 Å². The van der Waals surface area contributed by atoms with Crippen LogP contribution in [0.15, 0.2) is 30.3 Å². The maximum absolute atomic E-state index is 9.75. The van der Waals surface area contributed by atoms with Gasteiger partial charge in [-0.25, -0.2) is 0 Å². The molecule has 1 heterocycles. The summed E-state index contributed by atoms with van der Waals surface area (Å²) < 4.78 is 5.59. The number of aliphatic hydroxyl groups is 2. The van der Waals surface area contributed by atoms with Gasteiger partial charge in [-0.05, 0) is 12.0 Å². The molecule has 4 atom stereocenters. The predicted molar refractivity (Wildman–Crippen MR) is 60.9 cm³/mol. The average molecular weight is 222 g/mol. The van der Waals surface area contributed by atoms with E-state index in [0.717, 1.165) is 5.56 Å². The van der Waals surface area contributed by atoms with Gasteiger partial charge in [-0.1, -0.05) is 37.3 Å². The van der Waals surface area contributed by atoms with Crippen LogP contribution in [0.5, 0.6) is 0 Å². The second-order valence-electron chi connectivity index (χ2n) is 4.37. The number of rotatable bonds is 5. The Hall–Kier alpha value is -0.900. The number of benzene rings is 1. The molecule has 1 saturated heterocycles. The third-order valence-electron chi connectivity index (χ3n) is 3.20. The van der Waals surface area contributed by atoms with E-state index in [1.165, 1.54) is 0 Å². The molecule has 0 aromatic heterocycles. The third kappa shape index (κ3) is 2.43. The number of ether oxygens (including phenoxy) is 1. The number of aliphatic hydroxyl groups excluding tert-OH is 2. The zero-order chi connectivity index (χ0) is 11.5. The minimum atomic E-state index is -0.483. The van der Waals surface area contributed by atoms with Crippen LogP contribution in [0.4, 0.5) is 0 Å². The highest BCUT2D eigenvalue weighted by Crippen LogP contribution is 2.44. The molecule has 16 heavy (non-hydrogen) atoms. The van der Waals surface area contributed by atoms with E-state index in [0.29, 0.717) is 6.42 Å². The molecular weight excluding hydrogens is 204 g/mol. The first-order valence-electron chi connectivity index (χ1n) is 5.73. The van der Waals surface area contributed by atoms with Crippen LogP contribution in [-0.2, 0) is 4.74 Å². The molecule has 0 saturated carbocycles. The molecule has 2 rings (SSSR count). The summed E-state index contributed by atoms with van der Waals surface area (Å²) in [5, 5.41) is 18.5. The normalized spacial score (nSPS) is 27.4. The average Bonchev–Trinajstić information content (AvgIpc) is 3.09. The van der Waals surface area contributed by atoms with E-state index in [-0.39, 0.29) is 24.7 Å². The quantitative estimate of drug-likeness (QED) is 0.742. The highest BCUT2D eigenvalue weighted by molar-refractivity contribution is 5.22. The van der Waals surface area contributed by atoms with Gasteiger partial charge in [-0.3, -0.25) is 0 Å². The van der Waals surface area contributed by atoms with Crippen molar-refractivity contribution in [2.45, 2.75) is 31.7 Å². The molecule has 1 aliphatic heterocycles. The molecule has 1 aromatic rings. The molecule has 1 fully saturated rings. The highest BCUT2D eigenvalue weighted by Gasteiger charge is 2.45. The second kappa shape index (κ2) is 4.95. The number of hydrogen-bond acceptors (Lipinski definition) is 3. The second-order valence-corrected chi connectivity index (χ2v) is 4.37. The summed E-state index contributed by atoms with van der Waals surface area (Å²) >= 11 is 0. The smallest absolute Gasteiger partial charge is 0.110 e. The lowest BCUT2D eigenvalue weighted by Crippen LogP contribution is -2.23. The van der Waals surface area contributed by atoms with Crippen molar-refractivity contribution in [3.63, 3.8) is 0 Å². The van der Waals surface area contributed by atoms with Gasteiger partial charge in [-0.15, -0.1) is 0 Å². The Morgan fingerprint density at radius 2 is 2.00 bits per heavy atom. The lowest BCUT2D eigenvalue weighted by Gasteiger charge is -2.15. The van der Waals surface area contributed by atoms with E-state index in [4.69, 9.17) is 9.84 Å². The molecule has 0 spiro atoms. The van der Waals surface area contributed by atoms with Crippen molar-refractivity contribution in [2.75, 3.05) is 6.61 Å². The van der Waals surface area contributed by atoms with Gasteiger partial charge in [0.05, 0.1) is 12.2 Å². The van der Waals surface area contributed by atoms with E-state index < -0.39 is 6.10 Å². The van der Waals surface area contributed by atoms with Gasteiger partial charge < -0.3 is 14.9 Å². The van der Waals surface area contributed by atoms with Crippen LogP contribution in [-0.4, -0.2) is 29.0 Å². The van der Waals surface area contributed by atoms with E-state index >= 15 is 0 Å². The van der Waals surface area contributed by atoms with Gasteiger partial charge in [0.1, 0.15) is 6.10 Å². The fraction of sp³-hybridized carbons (Fsp3) is 0.538. The lowest BCUT2D eigenvalue weighted by molar-refractivity contribution is 0.0726. The molecule has 0 aliphatic carbocycles. The van der Waals surface area contributed by atoms with Gasteiger partial charge in [0.15, 0.2) is 0 Å². The number of epoxide rings is 1. The van der Waals surface area contributed by atoms with E-state index in [9.17, 15) is 5.11 Å². The summed E-state index contributed by atoms with van der Waals surface area (Å²) in [4.78, 5) is 0. The van der Waals surface area contributed by atoms with Crippen molar-refractivity contribution in [1.82, 2.24) is 0 Å². The topological polar surface area (TPSA) is 53.0 Å². The fourth-order valence-electron chi connectivity index (χ4n) is 2.05. The lowest BCUT2D eigenvalue weighted by atomic mass is 9.94. The minimum absolute atomic E-state index is 0.0221. The van der Waals surface area contributed by atoms with Crippen molar-refractivity contribution >= 4 is 0 Å². The van der Waals surface area contributed by atoms with Gasteiger partial charge in [0.25, 0.3) is 0 Å². The van der Waals surface area contributed by atoms with Crippen molar-refractivity contribution in [3.8, 4) is 0 Å². The summed E-state index contributed by atoms with van der Waals surface area (Å²) in [6.07, 6.45) is 0.139.